The van der Waals surface area contributed by atoms with Gasteiger partial charge in [0.05, 0.1) is 0 Å². The maximum atomic E-state index is 11.5. The van der Waals surface area contributed by atoms with Crippen molar-refractivity contribution in [2.24, 2.45) is 0 Å². The minimum absolute atomic E-state index is 0.0583. The minimum Gasteiger partial charge on any atom is -0.368 e. The Bertz CT molecular complexity index is 948. The molecule has 0 aromatic carbocycles. The number of hydrogen-bond donors (Lipinski definition) is 1. The second kappa shape index (κ2) is 4.45. The van der Waals surface area contributed by atoms with Gasteiger partial charge in [0.25, 0.3) is 10.9 Å². The summed E-state index contributed by atoms with van der Waals surface area (Å²) in [5.74, 6) is 0.260. The van der Waals surface area contributed by atoms with Crippen molar-refractivity contribution < 1.29 is 8.42 Å². The van der Waals surface area contributed by atoms with Crippen LogP contribution in [-0.4, -0.2) is 44.2 Å². The van der Waals surface area contributed by atoms with E-state index in [1.165, 1.54) is 4.52 Å². The molecule has 9 nitrogen and oxygen atoms in total. The first-order chi connectivity index (χ1) is 9.86. The zero-order chi connectivity index (χ0) is 15.2. The Labute approximate surface area is 119 Å². The van der Waals surface area contributed by atoms with E-state index >= 15 is 0 Å². The molecule has 0 radical (unpaired) electrons. The van der Waals surface area contributed by atoms with Crippen LogP contribution in [0.3, 0.4) is 0 Å². The molecule has 10 heteroatoms. The fourth-order valence-corrected chi connectivity index (χ4v) is 2.28. The van der Waals surface area contributed by atoms with E-state index in [2.05, 4.69) is 25.0 Å². The standard InChI is InChI=1S/C11H11N7O2S/c1-6-4-3-5-13-7(6)8-14-10-16-11(21(2,19)20)15-9(12)18(10)17-8/h3-5H,1-2H3,(H2,12,14,15,16,17). The molecule has 0 unspecified atom stereocenters. The van der Waals surface area contributed by atoms with Crippen molar-refractivity contribution in [2.75, 3.05) is 12.0 Å². The number of pyridine rings is 1. The summed E-state index contributed by atoms with van der Waals surface area (Å²) in [6.45, 7) is 1.87. The molecule has 3 aromatic rings. The summed E-state index contributed by atoms with van der Waals surface area (Å²) in [6.07, 6.45) is 2.61. The van der Waals surface area contributed by atoms with Gasteiger partial charge < -0.3 is 5.73 Å². The number of nitrogen functional groups attached to an aromatic ring is 1. The third kappa shape index (κ3) is 2.29. The Hall–Kier alpha value is -2.62. The van der Waals surface area contributed by atoms with Crippen molar-refractivity contribution in [3.8, 4) is 11.5 Å². The molecule has 3 rings (SSSR count). The molecule has 0 spiro atoms. The number of anilines is 1. The monoisotopic (exact) mass is 305 g/mol. The summed E-state index contributed by atoms with van der Waals surface area (Å²) in [5.41, 5.74) is 7.16. The van der Waals surface area contributed by atoms with Crippen molar-refractivity contribution in [1.82, 2.24) is 29.5 Å². The number of nitrogens with two attached hydrogens (primary N) is 1. The first-order valence-corrected chi connectivity index (χ1v) is 7.78. The maximum absolute atomic E-state index is 11.5. The van der Waals surface area contributed by atoms with Gasteiger partial charge >= 0.3 is 0 Å². The SMILES string of the molecule is Cc1cccnc1-c1nc2nc(S(C)(=O)=O)nc(N)n2n1. The highest BCUT2D eigenvalue weighted by atomic mass is 32.2. The smallest absolute Gasteiger partial charge is 0.258 e. The number of aromatic nitrogens is 6. The van der Waals surface area contributed by atoms with E-state index in [1.807, 2.05) is 13.0 Å². The molecule has 0 amide bonds. The van der Waals surface area contributed by atoms with Crippen LogP contribution in [0.2, 0.25) is 0 Å². The van der Waals surface area contributed by atoms with Gasteiger partial charge in [0.15, 0.2) is 0 Å². The fraction of sp³-hybridized carbons (Fsp3) is 0.182. The maximum Gasteiger partial charge on any atom is 0.258 e. The fourth-order valence-electron chi connectivity index (χ4n) is 1.77. The highest BCUT2D eigenvalue weighted by molar-refractivity contribution is 7.90. The van der Waals surface area contributed by atoms with Gasteiger partial charge in [-0.05, 0) is 18.6 Å². The predicted molar refractivity (Wildman–Crippen MR) is 74.1 cm³/mol. The normalized spacial score (nSPS) is 11.9. The number of fused-ring (bicyclic) bond motifs is 1. The number of hydrogen-bond acceptors (Lipinski definition) is 8. The van der Waals surface area contributed by atoms with Gasteiger partial charge in [-0.1, -0.05) is 6.07 Å². The lowest BCUT2D eigenvalue weighted by atomic mass is 10.2. The summed E-state index contributed by atoms with van der Waals surface area (Å²) in [7, 11) is -3.58. The number of sulfone groups is 1. The Morgan fingerprint density at radius 1 is 1.24 bits per heavy atom. The molecule has 3 aromatic heterocycles. The van der Waals surface area contributed by atoms with E-state index in [0.29, 0.717) is 11.5 Å². The van der Waals surface area contributed by atoms with E-state index in [-0.39, 0.29) is 16.9 Å². The average molecular weight is 305 g/mol. The van der Waals surface area contributed by atoms with Crippen molar-refractivity contribution in [3.05, 3.63) is 23.9 Å². The second-order valence-corrected chi connectivity index (χ2v) is 6.36. The van der Waals surface area contributed by atoms with Crippen molar-refractivity contribution in [1.29, 1.82) is 0 Å². The molecule has 0 fully saturated rings. The summed E-state index contributed by atoms with van der Waals surface area (Å²) < 4.78 is 24.2. The number of nitrogens with zero attached hydrogens (tertiary/aromatic N) is 6. The van der Waals surface area contributed by atoms with Crippen LogP contribution in [0.25, 0.3) is 17.3 Å². The average Bonchev–Trinajstić information content (AvgIpc) is 2.82. The molecule has 0 saturated carbocycles. The van der Waals surface area contributed by atoms with Crippen LogP contribution >= 0.6 is 0 Å². The lowest BCUT2D eigenvalue weighted by Crippen LogP contribution is -2.11. The Morgan fingerprint density at radius 3 is 2.67 bits per heavy atom. The van der Waals surface area contributed by atoms with Gasteiger partial charge in [-0.3, -0.25) is 4.98 Å². The van der Waals surface area contributed by atoms with Gasteiger partial charge in [0.1, 0.15) is 5.69 Å². The van der Waals surface area contributed by atoms with Crippen LogP contribution in [0.4, 0.5) is 5.95 Å². The predicted octanol–water partition coefficient (Wildman–Crippen LogP) is -0.125. The van der Waals surface area contributed by atoms with Crippen LogP contribution in [0.15, 0.2) is 23.5 Å². The Balaban J connectivity index is 2.26. The van der Waals surface area contributed by atoms with Crippen LogP contribution in [0.1, 0.15) is 5.56 Å². The molecule has 3 heterocycles. The largest absolute Gasteiger partial charge is 0.368 e. The van der Waals surface area contributed by atoms with E-state index in [1.54, 1.807) is 12.3 Å². The first-order valence-electron chi connectivity index (χ1n) is 5.88. The van der Waals surface area contributed by atoms with Crippen LogP contribution in [0.5, 0.6) is 0 Å². The zero-order valence-corrected chi connectivity index (χ0v) is 12.0. The molecule has 0 aliphatic rings. The Morgan fingerprint density at radius 2 is 2.00 bits per heavy atom. The molecular formula is C11H11N7O2S. The second-order valence-electron chi connectivity index (χ2n) is 4.45. The van der Waals surface area contributed by atoms with Crippen molar-refractivity contribution in [3.63, 3.8) is 0 Å². The molecule has 0 aliphatic carbocycles. The zero-order valence-electron chi connectivity index (χ0n) is 11.2. The lowest BCUT2D eigenvalue weighted by Gasteiger charge is -1.99. The molecule has 0 bridgehead atoms. The van der Waals surface area contributed by atoms with Crippen LogP contribution in [0, 0.1) is 6.92 Å². The quantitative estimate of drug-likeness (QED) is 0.693. The Kier molecular flexibility index (Phi) is 2.83. The number of rotatable bonds is 2. The van der Waals surface area contributed by atoms with E-state index in [9.17, 15) is 8.42 Å². The molecule has 0 atom stereocenters. The third-order valence-electron chi connectivity index (χ3n) is 2.77. The van der Waals surface area contributed by atoms with Crippen LogP contribution < -0.4 is 5.73 Å². The van der Waals surface area contributed by atoms with Gasteiger partial charge in [0.2, 0.25) is 21.6 Å². The van der Waals surface area contributed by atoms with E-state index < -0.39 is 9.84 Å². The molecule has 0 aliphatic heterocycles. The first kappa shape index (κ1) is 13.4. The molecule has 2 N–H and O–H groups in total. The summed E-state index contributed by atoms with van der Waals surface area (Å²) >= 11 is 0. The van der Waals surface area contributed by atoms with Gasteiger partial charge in [0, 0.05) is 12.5 Å². The van der Waals surface area contributed by atoms with Gasteiger partial charge in [-0.2, -0.15) is 19.5 Å². The summed E-state index contributed by atoms with van der Waals surface area (Å²) in [6, 6.07) is 3.66. The molecule has 108 valence electrons. The van der Waals surface area contributed by atoms with Crippen molar-refractivity contribution in [2.45, 2.75) is 12.1 Å². The molecular weight excluding hydrogens is 294 g/mol. The van der Waals surface area contributed by atoms with E-state index in [0.717, 1.165) is 11.8 Å². The lowest BCUT2D eigenvalue weighted by molar-refractivity contribution is 0.592. The summed E-state index contributed by atoms with van der Waals surface area (Å²) in [4.78, 5) is 16.0. The topological polar surface area (TPSA) is 129 Å². The minimum atomic E-state index is -3.58. The third-order valence-corrected chi connectivity index (χ3v) is 3.61. The van der Waals surface area contributed by atoms with Crippen LogP contribution in [-0.2, 0) is 9.84 Å². The van der Waals surface area contributed by atoms with E-state index in [4.69, 9.17) is 5.73 Å². The highest BCUT2D eigenvalue weighted by Gasteiger charge is 2.18. The van der Waals surface area contributed by atoms with Gasteiger partial charge in [-0.25, -0.2) is 8.42 Å². The van der Waals surface area contributed by atoms with Gasteiger partial charge in [-0.15, -0.1) is 5.10 Å². The molecule has 21 heavy (non-hydrogen) atoms. The number of aryl methyl sites for hydroxylation is 1. The van der Waals surface area contributed by atoms with Crippen molar-refractivity contribution >= 4 is 21.6 Å². The highest BCUT2D eigenvalue weighted by Crippen LogP contribution is 2.18. The molecule has 0 saturated heterocycles. The summed E-state index contributed by atoms with van der Waals surface area (Å²) in [5, 5.41) is 3.78.